The molecule has 5 rings (SSSR count). The van der Waals surface area contributed by atoms with E-state index in [1.807, 2.05) is 38.1 Å². The molecular weight excluding hydrogens is 402 g/mol. The summed E-state index contributed by atoms with van der Waals surface area (Å²) in [4.78, 5) is 25.2. The molecule has 162 valence electrons. The van der Waals surface area contributed by atoms with Crippen LogP contribution in [0.15, 0.2) is 66.2 Å². The van der Waals surface area contributed by atoms with E-state index in [-0.39, 0.29) is 5.57 Å². The zero-order valence-electron chi connectivity index (χ0n) is 18.3. The third-order valence-electron chi connectivity index (χ3n) is 6.37. The molecule has 1 saturated heterocycles. The van der Waals surface area contributed by atoms with Crippen molar-refractivity contribution in [3.8, 4) is 16.8 Å². The number of aromatic nitrogens is 1. The molecule has 5 heteroatoms. The molecular formula is C27H25NO4. The van der Waals surface area contributed by atoms with Crippen molar-refractivity contribution >= 4 is 18.0 Å². The highest BCUT2D eigenvalue weighted by Gasteiger charge is 2.47. The van der Waals surface area contributed by atoms with Gasteiger partial charge in [-0.2, -0.15) is 0 Å². The van der Waals surface area contributed by atoms with Gasteiger partial charge in [-0.15, -0.1) is 0 Å². The number of nitrogens with zero attached hydrogens (tertiary/aromatic N) is 1. The fraction of sp³-hybridized carbons (Fsp3) is 0.259. The second-order valence-corrected chi connectivity index (χ2v) is 8.53. The Kier molecular flexibility index (Phi) is 4.97. The predicted molar refractivity (Wildman–Crippen MR) is 122 cm³/mol. The summed E-state index contributed by atoms with van der Waals surface area (Å²) < 4.78 is 13.2. The van der Waals surface area contributed by atoms with Crippen LogP contribution in [0.3, 0.4) is 0 Å². The van der Waals surface area contributed by atoms with Crippen molar-refractivity contribution in [1.29, 1.82) is 0 Å². The molecule has 0 atom stereocenters. The maximum absolute atomic E-state index is 12.6. The van der Waals surface area contributed by atoms with E-state index < -0.39 is 17.7 Å². The summed E-state index contributed by atoms with van der Waals surface area (Å²) in [5.41, 5.74) is 6.01. The van der Waals surface area contributed by atoms with Gasteiger partial charge in [0.15, 0.2) is 0 Å². The van der Waals surface area contributed by atoms with Crippen LogP contribution in [0.1, 0.15) is 42.6 Å². The van der Waals surface area contributed by atoms with E-state index in [0.717, 1.165) is 41.0 Å². The second kappa shape index (κ2) is 7.83. The molecule has 1 aliphatic heterocycles. The SMILES string of the molecule is Cc1cc(C=C2C(=O)OC3(CCCC3)OC2=O)c(C)n1-c1ccc(-c2ccccc2)cc1. The van der Waals surface area contributed by atoms with Gasteiger partial charge in [-0.1, -0.05) is 42.5 Å². The van der Waals surface area contributed by atoms with E-state index in [4.69, 9.17) is 9.47 Å². The number of hydrogen-bond donors (Lipinski definition) is 0. The highest BCUT2D eigenvalue weighted by molar-refractivity contribution is 6.19. The average molecular weight is 428 g/mol. The molecule has 1 spiro atoms. The van der Waals surface area contributed by atoms with Gasteiger partial charge >= 0.3 is 11.9 Å². The maximum atomic E-state index is 12.6. The number of carbonyl (C=O) groups excluding carboxylic acids is 2. The summed E-state index contributed by atoms with van der Waals surface area (Å²) in [5.74, 6) is -2.25. The number of hydrogen-bond acceptors (Lipinski definition) is 4. The lowest BCUT2D eigenvalue weighted by molar-refractivity contribution is -0.232. The van der Waals surface area contributed by atoms with Gasteiger partial charge in [0.05, 0.1) is 0 Å². The number of aryl methyl sites for hydroxylation is 1. The van der Waals surface area contributed by atoms with Crippen LogP contribution in [-0.2, 0) is 19.1 Å². The molecule has 5 nitrogen and oxygen atoms in total. The molecule has 0 N–H and O–H groups in total. The van der Waals surface area contributed by atoms with E-state index in [0.29, 0.717) is 12.8 Å². The molecule has 0 amide bonds. The maximum Gasteiger partial charge on any atom is 0.348 e. The third kappa shape index (κ3) is 3.54. The van der Waals surface area contributed by atoms with Gasteiger partial charge < -0.3 is 14.0 Å². The number of ether oxygens (including phenoxy) is 2. The van der Waals surface area contributed by atoms with Crippen LogP contribution in [-0.4, -0.2) is 22.3 Å². The van der Waals surface area contributed by atoms with Crippen molar-refractivity contribution in [3.63, 3.8) is 0 Å². The van der Waals surface area contributed by atoms with E-state index in [9.17, 15) is 9.59 Å². The van der Waals surface area contributed by atoms with Crippen LogP contribution in [0, 0.1) is 13.8 Å². The Hall–Kier alpha value is -3.60. The minimum absolute atomic E-state index is 0.0535. The zero-order chi connectivity index (χ0) is 22.3. The van der Waals surface area contributed by atoms with E-state index in [2.05, 4.69) is 41.0 Å². The number of carbonyl (C=O) groups is 2. The van der Waals surface area contributed by atoms with Gasteiger partial charge in [0.1, 0.15) is 5.57 Å². The minimum atomic E-state index is -1.05. The fourth-order valence-corrected chi connectivity index (χ4v) is 4.71. The van der Waals surface area contributed by atoms with Crippen molar-refractivity contribution in [2.75, 3.05) is 0 Å². The van der Waals surface area contributed by atoms with Crippen LogP contribution in [0.25, 0.3) is 22.9 Å². The van der Waals surface area contributed by atoms with E-state index in [1.165, 1.54) is 5.56 Å². The molecule has 1 saturated carbocycles. The monoisotopic (exact) mass is 427 g/mol. The van der Waals surface area contributed by atoms with Gasteiger partial charge in [0, 0.05) is 29.9 Å². The van der Waals surface area contributed by atoms with E-state index >= 15 is 0 Å². The number of esters is 2. The third-order valence-corrected chi connectivity index (χ3v) is 6.37. The van der Waals surface area contributed by atoms with Crippen LogP contribution >= 0.6 is 0 Å². The van der Waals surface area contributed by atoms with E-state index in [1.54, 1.807) is 6.08 Å². The highest BCUT2D eigenvalue weighted by atomic mass is 16.7. The van der Waals surface area contributed by atoms with Gasteiger partial charge in [-0.3, -0.25) is 0 Å². The standard InChI is InChI=1S/C27H25NO4/c1-18-16-22(17-24-25(29)31-27(32-26(24)30)14-6-7-15-27)19(2)28(18)23-12-10-21(11-13-23)20-8-4-3-5-9-20/h3-5,8-13,16-17H,6-7,14-15H2,1-2H3. The fourth-order valence-electron chi connectivity index (χ4n) is 4.71. The molecule has 2 heterocycles. The lowest BCUT2D eigenvalue weighted by Crippen LogP contribution is -2.44. The lowest BCUT2D eigenvalue weighted by Gasteiger charge is -2.32. The van der Waals surface area contributed by atoms with Gasteiger partial charge in [0.2, 0.25) is 0 Å². The minimum Gasteiger partial charge on any atom is -0.419 e. The highest BCUT2D eigenvalue weighted by Crippen LogP contribution is 2.39. The second-order valence-electron chi connectivity index (χ2n) is 8.53. The molecule has 1 aliphatic carbocycles. The Morgan fingerprint density at radius 3 is 2.06 bits per heavy atom. The first-order valence-electron chi connectivity index (χ1n) is 11.0. The summed E-state index contributed by atoms with van der Waals surface area (Å²) in [6.07, 6.45) is 4.52. The lowest BCUT2D eigenvalue weighted by atomic mass is 10.1. The Bertz CT molecular complexity index is 1190. The van der Waals surface area contributed by atoms with Crippen molar-refractivity contribution in [2.45, 2.75) is 45.3 Å². The molecule has 1 aromatic heterocycles. The Morgan fingerprint density at radius 2 is 1.44 bits per heavy atom. The molecule has 0 unspecified atom stereocenters. The predicted octanol–water partition coefficient (Wildman–Crippen LogP) is 5.51. The smallest absolute Gasteiger partial charge is 0.348 e. The van der Waals surface area contributed by atoms with Crippen molar-refractivity contribution in [2.24, 2.45) is 0 Å². The average Bonchev–Trinajstić information content (AvgIpc) is 3.35. The van der Waals surface area contributed by atoms with Crippen molar-refractivity contribution < 1.29 is 19.1 Å². The van der Waals surface area contributed by atoms with Crippen molar-refractivity contribution in [1.82, 2.24) is 4.57 Å². The van der Waals surface area contributed by atoms with Crippen molar-refractivity contribution in [3.05, 3.63) is 83.2 Å². The number of rotatable bonds is 3. The summed E-state index contributed by atoms with van der Waals surface area (Å²) in [6.45, 7) is 3.98. The van der Waals surface area contributed by atoms with Crippen LogP contribution < -0.4 is 0 Å². The molecule has 0 bridgehead atoms. The molecule has 2 fully saturated rings. The zero-order valence-corrected chi connectivity index (χ0v) is 18.3. The van der Waals surface area contributed by atoms with Crippen LogP contribution in [0.2, 0.25) is 0 Å². The Balaban J connectivity index is 1.45. The topological polar surface area (TPSA) is 57.5 Å². The first-order chi connectivity index (χ1) is 15.5. The Labute approximate surface area is 187 Å². The molecule has 0 radical (unpaired) electrons. The Morgan fingerprint density at radius 1 is 0.844 bits per heavy atom. The quantitative estimate of drug-likeness (QED) is 0.314. The largest absolute Gasteiger partial charge is 0.419 e. The summed E-state index contributed by atoms with van der Waals surface area (Å²) in [5, 5.41) is 0. The van der Waals surface area contributed by atoms with Gasteiger partial charge in [-0.25, -0.2) is 9.59 Å². The van der Waals surface area contributed by atoms with Crippen LogP contribution in [0.4, 0.5) is 0 Å². The summed E-state index contributed by atoms with van der Waals surface area (Å²) in [6, 6.07) is 20.5. The first kappa shape index (κ1) is 20.3. The van der Waals surface area contributed by atoms with Gasteiger partial charge in [-0.05, 0) is 67.7 Å². The summed E-state index contributed by atoms with van der Waals surface area (Å²) in [7, 11) is 0. The van der Waals surface area contributed by atoms with Gasteiger partial charge in [0.25, 0.3) is 5.79 Å². The molecule has 2 aliphatic rings. The first-order valence-corrected chi connectivity index (χ1v) is 11.0. The molecule has 32 heavy (non-hydrogen) atoms. The summed E-state index contributed by atoms with van der Waals surface area (Å²) >= 11 is 0. The normalized spacial score (nSPS) is 17.4. The molecule has 2 aromatic carbocycles. The van der Waals surface area contributed by atoms with Crippen LogP contribution in [0.5, 0.6) is 0 Å². The number of benzene rings is 2. The molecule has 3 aromatic rings.